The number of carbonyl (C=O) groups is 5. The molecule has 0 aromatic carbocycles. The molecule has 0 saturated carbocycles. The lowest BCUT2D eigenvalue weighted by molar-refractivity contribution is -0.151. The molecule has 7 N–H and O–H groups in total. The molecule has 0 rings (SSSR count). The number of aliphatic hydroxyl groups excluding tert-OH is 1. The highest BCUT2D eigenvalue weighted by Crippen LogP contribution is 2.17. The Morgan fingerprint density at radius 3 is 1.51 bits per heavy atom. The zero-order chi connectivity index (χ0) is 39.7. The molecule has 0 aliphatic carbocycles. The lowest BCUT2D eigenvalue weighted by Crippen LogP contribution is -2.54. The molecule has 3 atom stereocenters. The van der Waals surface area contributed by atoms with Crippen molar-refractivity contribution >= 4 is 29.7 Å². The SMILES string of the molecule is CC(C)CCCCCCCCCCCC(=O)OC(CCCCCCCCCCC(C)C)CC(=O)NCC(=O)NC(CO)C(=O)NC(CCCN)C(=O)O. The smallest absolute Gasteiger partial charge is 0.326 e. The molecular formula is C41H78N4O8. The first-order valence-corrected chi connectivity index (χ1v) is 21.0. The summed E-state index contributed by atoms with van der Waals surface area (Å²) in [6.45, 7) is 8.08. The number of ether oxygens (including phenoxy) is 1. The molecule has 310 valence electrons. The van der Waals surface area contributed by atoms with Crippen molar-refractivity contribution in [1.82, 2.24) is 16.0 Å². The van der Waals surface area contributed by atoms with Crippen LogP contribution in [0.25, 0.3) is 0 Å². The van der Waals surface area contributed by atoms with Crippen LogP contribution in [0.5, 0.6) is 0 Å². The fourth-order valence-electron chi connectivity index (χ4n) is 6.24. The van der Waals surface area contributed by atoms with Crippen LogP contribution in [-0.4, -0.2) is 77.8 Å². The van der Waals surface area contributed by atoms with Crippen LogP contribution in [-0.2, 0) is 28.7 Å². The fraction of sp³-hybridized carbons (Fsp3) is 0.878. The maximum absolute atomic E-state index is 12.8. The van der Waals surface area contributed by atoms with Crippen molar-refractivity contribution < 1.29 is 38.9 Å². The Bertz CT molecular complexity index is 978. The quantitative estimate of drug-likeness (QED) is 0.0298. The van der Waals surface area contributed by atoms with Crippen LogP contribution in [0, 0.1) is 11.8 Å². The van der Waals surface area contributed by atoms with Gasteiger partial charge in [-0.05, 0) is 50.5 Å². The van der Waals surface area contributed by atoms with E-state index in [-0.39, 0.29) is 25.4 Å². The largest absolute Gasteiger partial charge is 0.480 e. The first-order chi connectivity index (χ1) is 25.4. The molecule has 3 unspecified atom stereocenters. The molecule has 0 spiro atoms. The number of carbonyl (C=O) groups excluding carboxylic acids is 4. The van der Waals surface area contributed by atoms with E-state index in [2.05, 4.69) is 43.6 Å². The highest BCUT2D eigenvalue weighted by molar-refractivity contribution is 5.92. The first kappa shape index (κ1) is 50.3. The second-order valence-electron chi connectivity index (χ2n) is 15.6. The van der Waals surface area contributed by atoms with Gasteiger partial charge in [0.1, 0.15) is 18.2 Å². The van der Waals surface area contributed by atoms with Gasteiger partial charge in [-0.2, -0.15) is 0 Å². The summed E-state index contributed by atoms with van der Waals surface area (Å²) >= 11 is 0. The Balaban J connectivity index is 4.77. The predicted molar refractivity (Wildman–Crippen MR) is 211 cm³/mol. The second kappa shape index (κ2) is 33.8. The van der Waals surface area contributed by atoms with Gasteiger partial charge in [0.25, 0.3) is 0 Å². The van der Waals surface area contributed by atoms with E-state index in [1.807, 2.05) is 0 Å². The van der Waals surface area contributed by atoms with Gasteiger partial charge in [-0.25, -0.2) is 4.79 Å². The number of nitrogens with two attached hydrogens (primary N) is 1. The van der Waals surface area contributed by atoms with E-state index in [1.54, 1.807) is 0 Å². The van der Waals surface area contributed by atoms with Gasteiger partial charge in [-0.15, -0.1) is 0 Å². The number of rotatable bonds is 36. The summed E-state index contributed by atoms with van der Waals surface area (Å²) in [5, 5.41) is 26.1. The van der Waals surface area contributed by atoms with Gasteiger partial charge in [-0.3, -0.25) is 19.2 Å². The van der Waals surface area contributed by atoms with Crippen molar-refractivity contribution in [3.05, 3.63) is 0 Å². The molecule has 12 nitrogen and oxygen atoms in total. The second-order valence-corrected chi connectivity index (χ2v) is 15.6. The van der Waals surface area contributed by atoms with Crippen LogP contribution in [0.3, 0.4) is 0 Å². The Morgan fingerprint density at radius 1 is 0.585 bits per heavy atom. The lowest BCUT2D eigenvalue weighted by atomic mass is 10.0. The molecule has 0 radical (unpaired) electrons. The minimum Gasteiger partial charge on any atom is -0.480 e. The molecule has 53 heavy (non-hydrogen) atoms. The van der Waals surface area contributed by atoms with E-state index in [4.69, 9.17) is 10.5 Å². The third-order valence-corrected chi connectivity index (χ3v) is 9.52. The number of nitrogens with one attached hydrogen (secondary N) is 3. The molecule has 0 aliphatic heterocycles. The van der Waals surface area contributed by atoms with E-state index >= 15 is 0 Å². The summed E-state index contributed by atoms with van der Waals surface area (Å²) in [6, 6.07) is -2.61. The van der Waals surface area contributed by atoms with Crippen LogP contribution in [0.4, 0.5) is 0 Å². The van der Waals surface area contributed by atoms with Crippen molar-refractivity contribution in [1.29, 1.82) is 0 Å². The first-order valence-electron chi connectivity index (χ1n) is 21.0. The van der Waals surface area contributed by atoms with Gasteiger partial charge in [-0.1, -0.05) is 137 Å². The zero-order valence-electron chi connectivity index (χ0n) is 33.9. The van der Waals surface area contributed by atoms with Crippen LogP contribution in [0.15, 0.2) is 0 Å². The molecule has 12 heteroatoms. The third-order valence-electron chi connectivity index (χ3n) is 9.52. The number of esters is 1. The van der Waals surface area contributed by atoms with Crippen LogP contribution in [0.1, 0.15) is 182 Å². The summed E-state index contributed by atoms with van der Waals surface area (Å²) < 4.78 is 5.77. The third kappa shape index (κ3) is 31.3. The maximum Gasteiger partial charge on any atom is 0.326 e. The van der Waals surface area contributed by atoms with Crippen LogP contribution >= 0.6 is 0 Å². The molecule has 0 saturated heterocycles. The Kier molecular flexibility index (Phi) is 32.1. The summed E-state index contributed by atoms with van der Waals surface area (Å²) in [7, 11) is 0. The van der Waals surface area contributed by atoms with Crippen molar-refractivity contribution in [2.24, 2.45) is 17.6 Å². The highest BCUT2D eigenvalue weighted by atomic mass is 16.5. The van der Waals surface area contributed by atoms with E-state index in [0.29, 0.717) is 19.3 Å². The molecule has 0 heterocycles. The molecule has 3 amide bonds. The van der Waals surface area contributed by atoms with Crippen molar-refractivity contribution in [3.8, 4) is 0 Å². The van der Waals surface area contributed by atoms with E-state index < -0.39 is 55.0 Å². The molecule has 0 aromatic rings. The molecule has 0 fully saturated rings. The fourth-order valence-corrected chi connectivity index (χ4v) is 6.24. The molecule has 0 bridgehead atoms. The highest BCUT2D eigenvalue weighted by Gasteiger charge is 2.26. The van der Waals surface area contributed by atoms with Gasteiger partial charge < -0.3 is 36.6 Å². The Morgan fingerprint density at radius 2 is 1.06 bits per heavy atom. The van der Waals surface area contributed by atoms with Crippen molar-refractivity contribution in [3.63, 3.8) is 0 Å². The average molecular weight is 755 g/mol. The number of aliphatic hydroxyl groups is 1. The van der Waals surface area contributed by atoms with E-state index in [1.165, 1.54) is 77.0 Å². The van der Waals surface area contributed by atoms with E-state index in [0.717, 1.165) is 56.8 Å². The molecule has 0 aliphatic rings. The van der Waals surface area contributed by atoms with E-state index in [9.17, 15) is 34.2 Å². The number of hydrogen-bond donors (Lipinski definition) is 6. The maximum atomic E-state index is 12.8. The molecule has 0 aromatic heterocycles. The average Bonchev–Trinajstić information content (AvgIpc) is 3.10. The van der Waals surface area contributed by atoms with Gasteiger partial charge >= 0.3 is 11.9 Å². The summed E-state index contributed by atoms with van der Waals surface area (Å²) in [4.78, 5) is 62.1. The summed E-state index contributed by atoms with van der Waals surface area (Å²) in [5.74, 6) is -2.09. The number of unbranched alkanes of at least 4 members (excludes halogenated alkanes) is 15. The number of carboxylic acid groups (broad SMARTS) is 1. The molecular weight excluding hydrogens is 676 g/mol. The minimum absolute atomic E-state index is 0.0859. The summed E-state index contributed by atoms with van der Waals surface area (Å²) in [6.07, 6.45) is 22.7. The van der Waals surface area contributed by atoms with Gasteiger partial charge in [0.2, 0.25) is 17.7 Å². The van der Waals surface area contributed by atoms with Gasteiger partial charge in [0, 0.05) is 6.42 Å². The summed E-state index contributed by atoms with van der Waals surface area (Å²) in [5.41, 5.74) is 5.43. The van der Waals surface area contributed by atoms with Crippen molar-refractivity contribution in [2.75, 3.05) is 19.7 Å². The number of amides is 3. The Hall–Kier alpha value is -2.73. The standard InChI is InChI=1S/C41H78N4O8/c1-32(2)23-18-14-10-6-5-7-13-17-21-27-39(49)53-34(25-20-16-12-9-8-11-15-19-24-33(3)4)29-37(47)43-30-38(48)44-36(31-46)40(50)45-35(41(51)52)26-22-28-42/h32-36,46H,5-31,42H2,1-4H3,(H,43,47)(H,44,48)(H,45,50)(H,51,52). The number of aliphatic carboxylic acids is 1. The monoisotopic (exact) mass is 755 g/mol. The van der Waals surface area contributed by atoms with Gasteiger partial charge in [0.15, 0.2) is 0 Å². The lowest BCUT2D eigenvalue weighted by Gasteiger charge is -2.20. The minimum atomic E-state index is -1.40. The van der Waals surface area contributed by atoms with Gasteiger partial charge in [0.05, 0.1) is 19.6 Å². The van der Waals surface area contributed by atoms with Crippen LogP contribution < -0.4 is 21.7 Å². The normalized spacial score (nSPS) is 13.1. The van der Waals surface area contributed by atoms with Crippen LogP contribution in [0.2, 0.25) is 0 Å². The Labute approximate surface area is 321 Å². The van der Waals surface area contributed by atoms with Crippen molar-refractivity contribution in [2.45, 2.75) is 200 Å². The number of carboxylic acids is 1. The zero-order valence-corrected chi connectivity index (χ0v) is 33.9. The number of hydrogen-bond acceptors (Lipinski definition) is 8. The predicted octanol–water partition coefficient (Wildman–Crippen LogP) is 6.69. The topological polar surface area (TPSA) is 197 Å².